The second-order valence-corrected chi connectivity index (χ2v) is 11.2. The Kier molecular flexibility index (Phi) is 6.05. The van der Waals surface area contributed by atoms with E-state index < -0.39 is 6.23 Å². The zero-order valence-corrected chi connectivity index (χ0v) is 21.4. The summed E-state index contributed by atoms with van der Waals surface area (Å²) in [6, 6.07) is 24.4. The van der Waals surface area contributed by atoms with Crippen molar-refractivity contribution < 1.29 is 10.2 Å². The molecule has 1 aliphatic heterocycles. The molecule has 0 fully saturated rings. The maximum absolute atomic E-state index is 11.7. The summed E-state index contributed by atoms with van der Waals surface area (Å²) in [5.41, 5.74) is 4.11. The number of hydrogen-bond donors (Lipinski definition) is 2. The van der Waals surface area contributed by atoms with Gasteiger partial charge in [0.05, 0.1) is 4.70 Å². The summed E-state index contributed by atoms with van der Waals surface area (Å²) in [5, 5.41) is 25.0. The quantitative estimate of drug-likeness (QED) is 0.254. The first-order valence-corrected chi connectivity index (χ1v) is 13.5. The monoisotopic (exact) mass is 511 g/mol. The minimum atomic E-state index is -0.936. The SMILES string of the molecule is Cc1cnc(N2C(CCc3ccccc3)=Nc3sc4c(O)cc(Cc5ccccc5)cc4c3C2O)s1. The summed E-state index contributed by atoms with van der Waals surface area (Å²) in [6.45, 7) is 2.01. The van der Waals surface area contributed by atoms with Crippen LogP contribution in [0.3, 0.4) is 0 Å². The van der Waals surface area contributed by atoms with Gasteiger partial charge < -0.3 is 10.2 Å². The fourth-order valence-electron chi connectivity index (χ4n) is 4.70. The third-order valence-corrected chi connectivity index (χ3v) is 8.46. The summed E-state index contributed by atoms with van der Waals surface area (Å²) in [4.78, 5) is 12.5. The van der Waals surface area contributed by atoms with Gasteiger partial charge >= 0.3 is 0 Å². The molecule has 5 nitrogen and oxygen atoms in total. The molecule has 3 heterocycles. The Morgan fingerprint density at radius 3 is 2.31 bits per heavy atom. The molecule has 5 aromatic rings. The van der Waals surface area contributed by atoms with Crippen LogP contribution in [0.5, 0.6) is 5.75 Å². The standard InChI is InChI=1S/C29H25N3O2S2/c1-18-17-30-29(35-18)32-24(13-12-19-8-4-2-5-9-19)31-27-25(28(32)34)22-15-21(16-23(33)26(22)36-27)14-20-10-6-3-7-11-20/h2-11,15-17,28,33-34H,12-14H2,1H3. The van der Waals surface area contributed by atoms with Gasteiger partial charge in [-0.3, -0.25) is 4.90 Å². The van der Waals surface area contributed by atoms with Crippen LogP contribution in [0.1, 0.15) is 39.8 Å². The van der Waals surface area contributed by atoms with Gasteiger partial charge in [-0.25, -0.2) is 9.98 Å². The van der Waals surface area contributed by atoms with Gasteiger partial charge in [0.25, 0.3) is 0 Å². The van der Waals surface area contributed by atoms with Crippen LogP contribution < -0.4 is 4.90 Å². The van der Waals surface area contributed by atoms with E-state index in [9.17, 15) is 10.2 Å². The second kappa shape index (κ2) is 9.50. The molecule has 0 amide bonds. The number of amidine groups is 1. The molecule has 0 spiro atoms. The van der Waals surface area contributed by atoms with Crippen molar-refractivity contribution in [1.82, 2.24) is 4.98 Å². The number of phenolic OH excluding ortho intramolecular Hbond substituents is 1. The number of anilines is 1. The van der Waals surface area contributed by atoms with Crippen LogP contribution in [-0.2, 0) is 12.8 Å². The Morgan fingerprint density at radius 2 is 1.61 bits per heavy atom. The molecule has 2 N–H and O–H groups in total. The molecule has 0 bridgehead atoms. The van der Waals surface area contributed by atoms with E-state index in [4.69, 9.17) is 4.99 Å². The van der Waals surface area contributed by atoms with Gasteiger partial charge in [0.1, 0.15) is 16.6 Å². The highest BCUT2D eigenvalue weighted by Gasteiger charge is 2.34. The molecule has 2 aromatic heterocycles. The van der Waals surface area contributed by atoms with Crippen LogP contribution in [-0.4, -0.2) is 21.0 Å². The molecule has 6 rings (SSSR count). The fourth-order valence-corrected chi connectivity index (χ4v) is 6.61. The Bertz CT molecular complexity index is 1560. The third-order valence-electron chi connectivity index (χ3n) is 6.41. The number of aromatic nitrogens is 1. The van der Waals surface area contributed by atoms with Gasteiger partial charge in [0.15, 0.2) is 11.4 Å². The van der Waals surface area contributed by atoms with E-state index in [0.29, 0.717) is 12.8 Å². The topological polar surface area (TPSA) is 69.0 Å². The number of thiazole rings is 1. The van der Waals surface area contributed by atoms with Crippen molar-refractivity contribution in [3.63, 3.8) is 0 Å². The third kappa shape index (κ3) is 4.30. The first-order chi connectivity index (χ1) is 17.6. The zero-order chi connectivity index (χ0) is 24.6. The number of benzene rings is 3. The number of aliphatic hydroxyl groups is 1. The first-order valence-electron chi connectivity index (χ1n) is 11.9. The van der Waals surface area contributed by atoms with E-state index in [-0.39, 0.29) is 5.75 Å². The number of hydrogen-bond acceptors (Lipinski definition) is 7. The van der Waals surface area contributed by atoms with Gasteiger partial charge in [-0.05, 0) is 48.6 Å². The highest BCUT2D eigenvalue weighted by atomic mass is 32.1. The molecule has 1 unspecified atom stereocenters. The lowest BCUT2D eigenvalue weighted by Crippen LogP contribution is -2.37. The van der Waals surface area contributed by atoms with Crippen LogP contribution in [0.4, 0.5) is 10.1 Å². The molecule has 0 aliphatic carbocycles. The molecule has 3 aromatic carbocycles. The van der Waals surface area contributed by atoms with Crippen LogP contribution in [0.25, 0.3) is 10.1 Å². The van der Waals surface area contributed by atoms with E-state index in [0.717, 1.165) is 48.5 Å². The predicted molar refractivity (Wildman–Crippen MR) is 149 cm³/mol. The molecule has 7 heteroatoms. The van der Waals surface area contributed by atoms with Gasteiger partial charge in [0, 0.05) is 28.4 Å². The number of phenols is 1. The van der Waals surface area contributed by atoms with Gasteiger partial charge in [-0.15, -0.1) is 22.7 Å². The minimum Gasteiger partial charge on any atom is -0.506 e. The highest BCUT2D eigenvalue weighted by Crippen LogP contribution is 2.50. The van der Waals surface area contributed by atoms with E-state index in [1.807, 2.05) is 60.5 Å². The van der Waals surface area contributed by atoms with Crippen molar-refractivity contribution in [3.05, 3.63) is 106 Å². The maximum Gasteiger partial charge on any atom is 0.193 e. The van der Waals surface area contributed by atoms with Crippen molar-refractivity contribution in [2.45, 2.75) is 32.4 Å². The summed E-state index contributed by atoms with van der Waals surface area (Å²) >= 11 is 2.97. The molecule has 1 atom stereocenters. The summed E-state index contributed by atoms with van der Waals surface area (Å²) in [6.07, 6.45) is 3.06. The van der Waals surface area contributed by atoms with Crippen molar-refractivity contribution in [2.24, 2.45) is 4.99 Å². The minimum absolute atomic E-state index is 0.225. The Morgan fingerprint density at radius 1 is 0.889 bits per heavy atom. The number of rotatable bonds is 6. The van der Waals surface area contributed by atoms with Crippen molar-refractivity contribution in [3.8, 4) is 5.75 Å². The van der Waals surface area contributed by atoms with Gasteiger partial charge in [-0.1, -0.05) is 60.7 Å². The number of nitrogens with zero attached hydrogens (tertiary/aromatic N) is 3. The molecule has 0 radical (unpaired) electrons. The predicted octanol–water partition coefficient (Wildman–Crippen LogP) is 7.14. The molecule has 0 saturated carbocycles. The lowest BCUT2D eigenvalue weighted by atomic mass is 10.0. The smallest absolute Gasteiger partial charge is 0.193 e. The highest BCUT2D eigenvalue weighted by molar-refractivity contribution is 7.23. The van der Waals surface area contributed by atoms with E-state index in [1.54, 1.807) is 11.3 Å². The number of aryl methyl sites for hydroxylation is 2. The Balaban J connectivity index is 1.44. The number of fused-ring (bicyclic) bond motifs is 3. The number of aliphatic imine (C=N–C) groups is 1. The van der Waals surface area contributed by atoms with Crippen LogP contribution in [0.2, 0.25) is 0 Å². The van der Waals surface area contributed by atoms with Crippen molar-refractivity contribution in [2.75, 3.05) is 4.90 Å². The first kappa shape index (κ1) is 22.9. The molecule has 1 aliphatic rings. The normalized spacial score (nSPS) is 15.2. The molecule has 180 valence electrons. The summed E-state index contributed by atoms with van der Waals surface area (Å²) < 4.78 is 0.749. The van der Waals surface area contributed by atoms with Crippen molar-refractivity contribution >= 4 is 48.7 Å². The number of aliphatic hydroxyl groups excluding tert-OH is 1. The van der Waals surface area contributed by atoms with E-state index >= 15 is 0 Å². The van der Waals surface area contributed by atoms with Crippen molar-refractivity contribution in [1.29, 1.82) is 0 Å². The second-order valence-electron chi connectivity index (χ2n) is 8.99. The molecule has 0 saturated heterocycles. The lowest BCUT2D eigenvalue weighted by Gasteiger charge is -2.32. The van der Waals surface area contributed by atoms with Gasteiger partial charge in [-0.2, -0.15) is 0 Å². The molecule has 36 heavy (non-hydrogen) atoms. The van der Waals surface area contributed by atoms with Crippen LogP contribution >= 0.6 is 22.7 Å². The fraction of sp³-hybridized carbons (Fsp3) is 0.172. The Labute approximate surface area is 217 Å². The average molecular weight is 512 g/mol. The van der Waals surface area contributed by atoms with Crippen LogP contribution in [0.15, 0.2) is 84.0 Å². The van der Waals surface area contributed by atoms with Crippen LogP contribution in [0, 0.1) is 6.92 Å². The summed E-state index contributed by atoms with van der Waals surface area (Å²) in [5.74, 6) is 1.01. The lowest BCUT2D eigenvalue weighted by molar-refractivity contribution is 0.188. The number of aromatic hydroxyl groups is 1. The zero-order valence-electron chi connectivity index (χ0n) is 19.8. The summed E-state index contributed by atoms with van der Waals surface area (Å²) in [7, 11) is 0. The number of thiophene rings is 1. The van der Waals surface area contributed by atoms with E-state index in [1.165, 1.54) is 22.5 Å². The average Bonchev–Trinajstić information content (AvgIpc) is 3.48. The maximum atomic E-state index is 11.7. The van der Waals surface area contributed by atoms with Gasteiger partial charge in [0.2, 0.25) is 0 Å². The molecular formula is C29H25N3O2S2. The molecular weight excluding hydrogens is 486 g/mol. The van der Waals surface area contributed by atoms with E-state index in [2.05, 4.69) is 35.3 Å². The largest absolute Gasteiger partial charge is 0.506 e. The Hall–Kier alpha value is -3.52.